The molecule has 2 N–H and O–H groups in total. The molecule has 0 atom stereocenters. The third kappa shape index (κ3) is 6.83. The van der Waals surface area contributed by atoms with Gasteiger partial charge in [0.1, 0.15) is 0 Å². The second-order valence-corrected chi connectivity index (χ2v) is 9.70. The molecule has 2 amide bonds. The third-order valence-corrected chi connectivity index (χ3v) is 6.57. The lowest BCUT2D eigenvalue weighted by Gasteiger charge is -2.15. The van der Waals surface area contributed by atoms with Crippen LogP contribution in [0, 0.1) is 0 Å². The van der Waals surface area contributed by atoms with E-state index in [0.29, 0.717) is 24.7 Å². The van der Waals surface area contributed by atoms with Crippen molar-refractivity contribution >= 4 is 33.4 Å². The number of amides is 2. The Morgan fingerprint density at radius 3 is 2.27 bits per heavy atom. The molecule has 0 aliphatic heterocycles. The molecule has 11 heteroatoms. The topological polar surface area (TPSA) is 114 Å². The van der Waals surface area contributed by atoms with Crippen LogP contribution in [0.1, 0.15) is 47.4 Å². The van der Waals surface area contributed by atoms with E-state index >= 15 is 0 Å². The van der Waals surface area contributed by atoms with Gasteiger partial charge in [-0.25, -0.2) is 12.7 Å². The van der Waals surface area contributed by atoms with Crippen molar-refractivity contribution in [2.75, 3.05) is 27.3 Å². The number of benzene rings is 2. The number of carbonyl (C=O) groups excluding carboxylic acids is 2. The number of hydrogen-bond donors (Lipinski definition) is 2. The first-order valence-electron chi connectivity index (χ1n) is 10.3. The summed E-state index contributed by atoms with van der Waals surface area (Å²) in [5.74, 6) is -0.649. The molecular weight excluding hydrogens is 470 g/mol. The Bertz CT molecular complexity index is 1110. The van der Waals surface area contributed by atoms with E-state index < -0.39 is 21.8 Å². The maximum absolute atomic E-state index is 12.6. The molecule has 2 rings (SSSR count). The molecule has 2 aromatic carbocycles. The number of ether oxygens (including phenoxy) is 2. The summed E-state index contributed by atoms with van der Waals surface area (Å²) in [6, 6.07) is 8.37. The molecule has 33 heavy (non-hydrogen) atoms. The molecule has 0 heterocycles. The third-order valence-electron chi connectivity index (χ3n) is 4.48. The van der Waals surface area contributed by atoms with Gasteiger partial charge < -0.3 is 9.47 Å². The predicted molar refractivity (Wildman–Crippen MR) is 125 cm³/mol. The highest BCUT2D eigenvalue weighted by Gasteiger charge is 2.20. The fourth-order valence-electron chi connectivity index (χ4n) is 2.69. The van der Waals surface area contributed by atoms with Gasteiger partial charge >= 0.3 is 0 Å². The van der Waals surface area contributed by atoms with E-state index in [9.17, 15) is 18.0 Å². The number of carbonyl (C=O) groups is 2. The summed E-state index contributed by atoms with van der Waals surface area (Å²) in [6.07, 6.45) is 1.79. The fraction of sp³-hybridized carbons (Fsp3) is 0.364. The molecule has 0 radical (unpaired) electrons. The van der Waals surface area contributed by atoms with Crippen molar-refractivity contribution in [2.45, 2.75) is 31.6 Å². The van der Waals surface area contributed by atoms with Gasteiger partial charge in [0.2, 0.25) is 10.0 Å². The Balaban J connectivity index is 2.15. The molecular formula is C22H28ClN3O6S. The predicted octanol–water partition coefficient (Wildman–Crippen LogP) is 3.24. The summed E-state index contributed by atoms with van der Waals surface area (Å²) in [5.41, 5.74) is 4.77. The van der Waals surface area contributed by atoms with Gasteiger partial charge in [-0.15, -0.1) is 0 Å². The molecule has 0 aliphatic carbocycles. The maximum atomic E-state index is 12.6. The van der Waals surface area contributed by atoms with Crippen molar-refractivity contribution in [2.24, 2.45) is 0 Å². The smallest absolute Gasteiger partial charge is 0.269 e. The van der Waals surface area contributed by atoms with Crippen LogP contribution in [0.15, 0.2) is 41.3 Å². The highest BCUT2D eigenvalue weighted by molar-refractivity contribution is 7.89. The Hall–Kier alpha value is -2.82. The molecule has 0 spiro atoms. The average Bonchev–Trinajstić information content (AvgIpc) is 2.78. The minimum absolute atomic E-state index is 0.0433. The molecule has 0 aromatic heterocycles. The van der Waals surface area contributed by atoms with E-state index in [0.717, 1.165) is 17.1 Å². The standard InChI is InChI=1S/C22H28ClN3O6S/c1-5-7-11-32-20-18(23)13-16(14-19(20)31-6-2)22(28)25-24-21(27)15-9-8-10-17(12-15)33(29,30)26(3)4/h8-10,12-14H,5-7,11H2,1-4H3,(H,24,27)(H,25,28). The zero-order valence-corrected chi connectivity index (χ0v) is 20.5. The Labute approximate surface area is 199 Å². The first kappa shape index (κ1) is 26.4. The number of unbranched alkanes of at least 4 members (excludes halogenated alkanes) is 1. The summed E-state index contributed by atoms with van der Waals surface area (Å²) in [4.78, 5) is 25.0. The van der Waals surface area contributed by atoms with Gasteiger partial charge in [0.05, 0.1) is 23.1 Å². The zero-order valence-electron chi connectivity index (χ0n) is 19.0. The molecule has 2 aromatic rings. The largest absolute Gasteiger partial charge is 0.490 e. The molecule has 9 nitrogen and oxygen atoms in total. The fourth-order valence-corrected chi connectivity index (χ4v) is 3.90. The van der Waals surface area contributed by atoms with Crippen molar-refractivity contribution in [3.05, 3.63) is 52.5 Å². The van der Waals surface area contributed by atoms with Gasteiger partial charge in [0, 0.05) is 25.2 Å². The van der Waals surface area contributed by atoms with E-state index in [4.69, 9.17) is 21.1 Å². The lowest BCUT2D eigenvalue weighted by molar-refractivity contribution is 0.0846. The maximum Gasteiger partial charge on any atom is 0.269 e. The van der Waals surface area contributed by atoms with Crippen molar-refractivity contribution in [1.29, 1.82) is 0 Å². The number of hydrazine groups is 1. The van der Waals surface area contributed by atoms with Crippen LogP contribution < -0.4 is 20.3 Å². The van der Waals surface area contributed by atoms with Crippen molar-refractivity contribution in [3.8, 4) is 11.5 Å². The van der Waals surface area contributed by atoms with E-state index in [1.54, 1.807) is 6.92 Å². The molecule has 0 unspecified atom stereocenters. The summed E-state index contributed by atoms with van der Waals surface area (Å²) in [5, 5.41) is 0.204. The van der Waals surface area contributed by atoms with Crippen LogP contribution >= 0.6 is 11.6 Å². The van der Waals surface area contributed by atoms with Crippen molar-refractivity contribution < 1.29 is 27.5 Å². The van der Waals surface area contributed by atoms with Gasteiger partial charge in [0.25, 0.3) is 11.8 Å². The summed E-state index contributed by atoms with van der Waals surface area (Å²) >= 11 is 6.30. The van der Waals surface area contributed by atoms with Crippen LogP contribution in [-0.2, 0) is 10.0 Å². The average molecular weight is 498 g/mol. The molecule has 0 fully saturated rings. The van der Waals surface area contributed by atoms with E-state index in [2.05, 4.69) is 10.9 Å². The number of halogens is 1. The lowest BCUT2D eigenvalue weighted by Crippen LogP contribution is -2.41. The van der Waals surface area contributed by atoms with Gasteiger partial charge in [-0.3, -0.25) is 20.4 Å². The van der Waals surface area contributed by atoms with Crippen LogP contribution in [0.3, 0.4) is 0 Å². The van der Waals surface area contributed by atoms with Crippen LogP contribution in [-0.4, -0.2) is 51.8 Å². The molecule has 0 bridgehead atoms. The Morgan fingerprint density at radius 2 is 1.67 bits per heavy atom. The Morgan fingerprint density at radius 1 is 1.00 bits per heavy atom. The monoisotopic (exact) mass is 497 g/mol. The van der Waals surface area contributed by atoms with Crippen LogP contribution in [0.2, 0.25) is 5.02 Å². The number of rotatable bonds is 10. The van der Waals surface area contributed by atoms with Gasteiger partial charge in [-0.1, -0.05) is 31.0 Å². The number of hydrogen-bond acceptors (Lipinski definition) is 6. The van der Waals surface area contributed by atoms with Crippen LogP contribution in [0.5, 0.6) is 11.5 Å². The normalized spacial score (nSPS) is 11.2. The molecule has 0 saturated carbocycles. The number of nitrogens with one attached hydrogen (secondary N) is 2. The van der Waals surface area contributed by atoms with Crippen LogP contribution in [0.4, 0.5) is 0 Å². The van der Waals surface area contributed by atoms with Crippen molar-refractivity contribution in [3.63, 3.8) is 0 Å². The number of nitrogens with zero attached hydrogens (tertiary/aromatic N) is 1. The summed E-state index contributed by atoms with van der Waals surface area (Å²) in [6.45, 7) is 4.63. The van der Waals surface area contributed by atoms with Crippen LogP contribution in [0.25, 0.3) is 0 Å². The van der Waals surface area contributed by atoms with Crippen molar-refractivity contribution in [1.82, 2.24) is 15.2 Å². The molecule has 0 saturated heterocycles. The Kier molecular flexibility index (Phi) is 9.51. The quantitative estimate of drug-likeness (QED) is 0.385. The van der Waals surface area contributed by atoms with Gasteiger partial charge in [0.15, 0.2) is 11.5 Å². The zero-order chi connectivity index (χ0) is 24.6. The van der Waals surface area contributed by atoms with E-state index in [1.807, 2.05) is 6.92 Å². The van der Waals surface area contributed by atoms with E-state index in [-0.39, 0.29) is 21.0 Å². The molecule has 0 aliphatic rings. The minimum Gasteiger partial charge on any atom is -0.490 e. The minimum atomic E-state index is -3.71. The first-order chi connectivity index (χ1) is 15.6. The van der Waals surface area contributed by atoms with Gasteiger partial charge in [-0.2, -0.15) is 0 Å². The second-order valence-electron chi connectivity index (χ2n) is 7.14. The molecule has 180 valence electrons. The van der Waals surface area contributed by atoms with E-state index in [1.165, 1.54) is 50.5 Å². The first-order valence-corrected chi connectivity index (χ1v) is 12.2. The highest BCUT2D eigenvalue weighted by atomic mass is 35.5. The summed E-state index contributed by atoms with van der Waals surface area (Å²) in [7, 11) is -0.923. The highest BCUT2D eigenvalue weighted by Crippen LogP contribution is 2.36. The second kappa shape index (κ2) is 11.9. The SMILES string of the molecule is CCCCOc1c(Cl)cc(C(=O)NNC(=O)c2cccc(S(=O)(=O)N(C)C)c2)cc1OCC. The lowest BCUT2D eigenvalue weighted by atomic mass is 10.2. The van der Waals surface area contributed by atoms with Gasteiger partial charge in [-0.05, 0) is 43.7 Å². The number of sulfonamides is 1. The summed E-state index contributed by atoms with van der Waals surface area (Å²) < 4.78 is 36.9.